The van der Waals surface area contributed by atoms with Crippen LogP contribution in [0, 0.1) is 20.8 Å². The first-order valence-electron chi connectivity index (χ1n) is 10.8. The van der Waals surface area contributed by atoms with Crippen LogP contribution in [0.15, 0.2) is 71.7 Å². The van der Waals surface area contributed by atoms with Crippen LogP contribution < -0.4 is 0 Å². The number of nitrogens with zero attached hydrogens (tertiary/aromatic N) is 3. The molecule has 6 heteroatoms. The molecule has 0 fully saturated rings. The second kappa shape index (κ2) is 8.90. The van der Waals surface area contributed by atoms with Gasteiger partial charge in [0.15, 0.2) is 0 Å². The third kappa shape index (κ3) is 4.12. The van der Waals surface area contributed by atoms with Gasteiger partial charge in [-0.1, -0.05) is 18.2 Å². The van der Waals surface area contributed by atoms with Gasteiger partial charge in [-0.25, -0.2) is 4.79 Å². The Bertz CT molecular complexity index is 1300. The molecule has 4 rings (SSSR count). The number of carbonyl (C=O) groups excluding carboxylic acids is 2. The molecule has 0 atom stereocenters. The Morgan fingerprint density at radius 3 is 2.55 bits per heavy atom. The van der Waals surface area contributed by atoms with E-state index < -0.39 is 5.97 Å². The number of hydrogen-bond donors (Lipinski definition) is 0. The van der Waals surface area contributed by atoms with Crippen molar-refractivity contribution in [3.05, 3.63) is 99.8 Å². The third-order valence-corrected chi connectivity index (χ3v) is 5.99. The molecule has 1 amide bonds. The number of amides is 1. The number of esters is 1. The molecule has 0 unspecified atom stereocenters. The van der Waals surface area contributed by atoms with Crippen LogP contribution in [-0.2, 0) is 20.9 Å². The molecule has 0 spiro atoms. The highest BCUT2D eigenvalue weighted by atomic mass is 16.5. The molecule has 33 heavy (non-hydrogen) atoms. The maximum absolute atomic E-state index is 13.5. The zero-order valence-electron chi connectivity index (χ0n) is 19.5. The highest BCUT2D eigenvalue weighted by Crippen LogP contribution is 2.34. The van der Waals surface area contributed by atoms with Gasteiger partial charge in [0.05, 0.1) is 24.8 Å². The summed E-state index contributed by atoms with van der Waals surface area (Å²) in [6, 6.07) is 14.0. The number of ether oxygens (including phenoxy) is 1. The second-order valence-corrected chi connectivity index (χ2v) is 8.26. The van der Waals surface area contributed by atoms with Crippen molar-refractivity contribution < 1.29 is 14.3 Å². The van der Waals surface area contributed by atoms with Crippen LogP contribution in [0.4, 0.5) is 0 Å². The molecule has 6 nitrogen and oxygen atoms in total. The number of aryl methyl sites for hydroxylation is 2. The summed E-state index contributed by atoms with van der Waals surface area (Å²) >= 11 is 0. The predicted octanol–water partition coefficient (Wildman–Crippen LogP) is 4.67. The molecule has 0 bridgehead atoms. The number of methoxy groups -OCH3 is 1. The van der Waals surface area contributed by atoms with Crippen molar-refractivity contribution >= 4 is 18.0 Å². The second-order valence-electron chi connectivity index (χ2n) is 8.26. The minimum Gasteiger partial charge on any atom is -0.465 e. The summed E-state index contributed by atoms with van der Waals surface area (Å²) in [7, 11) is 1.33. The summed E-state index contributed by atoms with van der Waals surface area (Å²) in [4.78, 5) is 31.9. The van der Waals surface area contributed by atoms with Gasteiger partial charge in [-0.15, -0.1) is 0 Å². The van der Waals surface area contributed by atoms with E-state index in [-0.39, 0.29) is 5.91 Å². The smallest absolute Gasteiger partial charge is 0.340 e. The van der Waals surface area contributed by atoms with E-state index in [2.05, 4.69) is 34.7 Å². The summed E-state index contributed by atoms with van der Waals surface area (Å²) < 4.78 is 7.18. The Morgan fingerprint density at radius 2 is 1.88 bits per heavy atom. The summed E-state index contributed by atoms with van der Waals surface area (Å²) in [5.74, 6) is -0.745. The van der Waals surface area contributed by atoms with E-state index >= 15 is 0 Å². The SMILES string of the molecule is COC(=O)C1=C(C)N(Cc2cccnc2)C(=O)/C1=C\c1cc(C)n(-c2cccc(C)c2)c1C. The van der Waals surface area contributed by atoms with Crippen LogP contribution in [0.25, 0.3) is 11.8 Å². The zero-order chi connectivity index (χ0) is 23.7. The fraction of sp³-hybridized carbons (Fsp3) is 0.222. The maximum atomic E-state index is 13.5. The number of rotatable bonds is 5. The van der Waals surface area contributed by atoms with Gasteiger partial charge in [0.1, 0.15) is 0 Å². The number of allylic oxidation sites excluding steroid dienone is 1. The normalized spacial score (nSPS) is 15.0. The Hall–Kier alpha value is -3.93. The molecule has 0 aliphatic carbocycles. The average Bonchev–Trinajstić information content (AvgIpc) is 3.21. The van der Waals surface area contributed by atoms with Gasteiger partial charge >= 0.3 is 5.97 Å². The lowest BCUT2D eigenvalue weighted by Gasteiger charge is -2.17. The minimum atomic E-state index is -0.520. The molecular weight excluding hydrogens is 414 g/mol. The highest BCUT2D eigenvalue weighted by Gasteiger charge is 2.37. The van der Waals surface area contributed by atoms with Gasteiger partial charge in [-0.2, -0.15) is 0 Å². The van der Waals surface area contributed by atoms with Crippen molar-refractivity contribution in [3.63, 3.8) is 0 Å². The standard InChI is InChI=1S/C27H27N3O3/c1-17-8-6-10-23(12-17)30-18(2)13-22(19(30)3)14-24-25(27(32)33-5)20(4)29(26(24)31)16-21-9-7-11-28-15-21/h6-15H,16H2,1-5H3/b24-14-. The van der Waals surface area contributed by atoms with Crippen LogP contribution in [0.2, 0.25) is 0 Å². The first-order valence-corrected chi connectivity index (χ1v) is 10.8. The van der Waals surface area contributed by atoms with Gasteiger partial charge in [0, 0.05) is 35.2 Å². The highest BCUT2D eigenvalue weighted by molar-refractivity contribution is 6.16. The molecule has 0 radical (unpaired) electrons. The van der Waals surface area contributed by atoms with Crippen molar-refractivity contribution in [2.45, 2.75) is 34.2 Å². The van der Waals surface area contributed by atoms with Crippen LogP contribution in [-0.4, -0.2) is 33.4 Å². The summed E-state index contributed by atoms with van der Waals surface area (Å²) in [5.41, 5.74) is 7.25. The van der Waals surface area contributed by atoms with E-state index in [9.17, 15) is 9.59 Å². The first kappa shape index (κ1) is 22.3. The van der Waals surface area contributed by atoms with Gasteiger partial charge in [0.25, 0.3) is 5.91 Å². The van der Waals surface area contributed by atoms with Gasteiger partial charge in [-0.05, 0) is 74.7 Å². The molecule has 1 aliphatic heterocycles. The van der Waals surface area contributed by atoms with E-state index in [4.69, 9.17) is 4.74 Å². The topological polar surface area (TPSA) is 64.4 Å². The third-order valence-electron chi connectivity index (χ3n) is 5.99. The molecule has 2 aromatic heterocycles. The van der Waals surface area contributed by atoms with Crippen LogP contribution in [0.3, 0.4) is 0 Å². The Balaban J connectivity index is 1.79. The van der Waals surface area contributed by atoms with Crippen molar-refractivity contribution in [1.29, 1.82) is 0 Å². The van der Waals surface area contributed by atoms with Crippen molar-refractivity contribution in [1.82, 2.24) is 14.5 Å². The number of pyridine rings is 1. The predicted molar refractivity (Wildman–Crippen MR) is 127 cm³/mol. The van der Waals surface area contributed by atoms with E-state index in [1.807, 2.05) is 38.1 Å². The summed E-state index contributed by atoms with van der Waals surface area (Å²) in [6.45, 7) is 8.22. The fourth-order valence-electron chi connectivity index (χ4n) is 4.35. The molecular formula is C27H27N3O3. The summed E-state index contributed by atoms with van der Waals surface area (Å²) in [5, 5.41) is 0. The fourth-order valence-corrected chi connectivity index (χ4v) is 4.35. The monoisotopic (exact) mass is 441 g/mol. The van der Waals surface area contributed by atoms with E-state index in [0.29, 0.717) is 23.4 Å². The quantitative estimate of drug-likeness (QED) is 0.426. The van der Waals surface area contributed by atoms with Crippen LogP contribution in [0.5, 0.6) is 0 Å². The van der Waals surface area contributed by atoms with Gasteiger partial charge < -0.3 is 14.2 Å². The summed E-state index contributed by atoms with van der Waals surface area (Å²) in [6.07, 6.45) is 5.21. The van der Waals surface area contributed by atoms with E-state index in [0.717, 1.165) is 28.2 Å². The van der Waals surface area contributed by atoms with Crippen LogP contribution in [0.1, 0.15) is 35.0 Å². The lowest BCUT2D eigenvalue weighted by Crippen LogP contribution is -2.24. The molecule has 3 heterocycles. The first-order chi connectivity index (χ1) is 15.8. The lowest BCUT2D eigenvalue weighted by atomic mass is 10.0. The molecule has 0 saturated heterocycles. The van der Waals surface area contributed by atoms with E-state index in [1.54, 1.807) is 30.3 Å². The average molecular weight is 442 g/mol. The molecule has 1 aliphatic rings. The molecule has 1 aromatic carbocycles. The maximum Gasteiger partial charge on any atom is 0.340 e. The largest absolute Gasteiger partial charge is 0.465 e. The van der Waals surface area contributed by atoms with Crippen LogP contribution >= 0.6 is 0 Å². The van der Waals surface area contributed by atoms with E-state index in [1.165, 1.54) is 12.7 Å². The molecule has 0 N–H and O–H groups in total. The number of aromatic nitrogens is 2. The van der Waals surface area contributed by atoms with Crippen molar-refractivity contribution in [3.8, 4) is 5.69 Å². The Morgan fingerprint density at radius 1 is 1.09 bits per heavy atom. The van der Waals surface area contributed by atoms with Crippen molar-refractivity contribution in [2.24, 2.45) is 0 Å². The number of benzene rings is 1. The van der Waals surface area contributed by atoms with Gasteiger partial charge in [0.2, 0.25) is 0 Å². The Kier molecular flexibility index (Phi) is 6.01. The zero-order valence-corrected chi connectivity index (χ0v) is 19.5. The van der Waals surface area contributed by atoms with Gasteiger partial charge in [-0.3, -0.25) is 9.78 Å². The molecule has 3 aromatic rings. The minimum absolute atomic E-state index is 0.225. The number of hydrogen-bond acceptors (Lipinski definition) is 4. The lowest BCUT2D eigenvalue weighted by molar-refractivity contribution is -0.136. The Labute approximate surface area is 193 Å². The van der Waals surface area contributed by atoms with Crippen molar-refractivity contribution in [2.75, 3.05) is 7.11 Å². The molecule has 0 saturated carbocycles. The molecule has 168 valence electrons. The number of carbonyl (C=O) groups is 2.